The molecule has 32 heavy (non-hydrogen) atoms. The van der Waals surface area contributed by atoms with Crippen LogP contribution in [-0.2, 0) is 32.0 Å². The molecule has 1 aromatic rings. The summed E-state index contributed by atoms with van der Waals surface area (Å²) < 4.78 is 6.02. The van der Waals surface area contributed by atoms with Crippen LogP contribution in [0.5, 0.6) is 0 Å². The molecule has 4 rings (SSSR count). The number of nitrogens with two attached hydrogens (primary N) is 1. The molecule has 0 saturated carbocycles. The molecule has 8 nitrogen and oxygen atoms in total. The number of rotatable bonds is 6. The van der Waals surface area contributed by atoms with Crippen LogP contribution in [-0.4, -0.2) is 61.1 Å². The van der Waals surface area contributed by atoms with Gasteiger partial charge >= 0.3 is 0 Å². The van der Waals surface area contributed by atoms with Crippen LogP contribution in [0.25, 0.3) is 0 Å². The largest absolute Gasteiger partial charge is 0.368 e. The first-order chi connectivity index (χ1) is 15.3. The van der Waals surface area contributed by atoms with Crippen molar-refractivity contribution in [1.29, 1.82) is 0 Å². The highest BCUT2D eigenvalue weighted by Crippen LogP contribution is 2.48. The van der Waals surface area contributed by atoms with Gasteiger partial charge in [0.05, 0.1) is 13.2 Å². The van der Waals surface area contributed by atoms with Crippen LogP contribution in [0.1, 0.15) is 43.7 Å². The Labute approximate surface area is 189 Å². The first-order valence-electron chi connectivity index (χ1n) is 11.6. The third-order valence-corrected chi connectivity index (χ3v) is 7.30. The van der Waals surface area contributed by atoms with Crippen molar-refractivity contribution in [3.63, 3.8) is 0 Å². The molecule has 2 fully saturated rings. The molecule has 8 heteroatoms. The van der Waals surface area contributed by atoms with Gasteiger partial charge in [-0.1, -0.05) is 31.2 Å². The molecular formula is C24H34N4O4. The lowest BCUT2D eigenvalue weighted by Gasteiger charge is -2.37. The topological polar surface area (TPSA) is 114 Å². The summed E-state index contributed by atoms with van der Waals surface area (Å²) in [6, 6.07) is 7.06. The maximum absolute atomic E-state index is 13.4. The number of amides is 3. The highest BCUT2D eigenvalue weighted by molar-refractivity contribution is 5.93. The molecule has 2 heterocycles. The van der Waals surface area contributed by atoms with Crippen molar-refractivity contribution >= 4 is 17.7 Å². The van der Waals surface area contributed by atoms with Crippen molar-refractivity contribution in [2.24, 2.45) is 17.1 Å². The Morgan fingerprint density at radius 3 is 2.72 bits per heavy atom. The van der Waals surface area contributed by atoms with E-state index in [0.29, 0.717) is 25.4 Å². The van der Waals surface area contributed by atoms with E-state index in [0.717, 1.165) is 25.7 Å². The van der Waals surface area contributed by atoms with Crippen molar-refractivity contribution in [3.05, 3.63) is 35.4 Å². The van der Waals surface area contributed by atoms with Crippen molar-refractivity contribution in [1.82, 2.24) is 15.5 Å². The van der Waals surface area contributed by atoms with Crippen molar-refractivity contribution in [3.8, 4) is 0 Å². The Bertz CT molecular complexity index is 891. The summed E-state index contributed by atoms with van der Waals surface area (Å²) in [5.74, 6) is -0.631. The van der Waals surface area contributed by atoms with Crippen LogP contribution in [0.3, 0.4) is 0 Å². The summed E-state index contributed by atoms with van der Waals surface area (Å²) >= 11 is 0. The first kappa shape index (κ1) is 22.7. The zero-order valence-electron chi connectivity index (χ0n) is 18.9. The summed E-state index contributed by atoms with van der Waals surface area (Å²) in [5.41, 5.74) is 8.18. The molecule has 5 unspecified atom stereocenters. The third kappa shape index (κ3) is 4.38. The fraction of sp³-hybridized carbons (Fsp3) is 0.625. The van der Waals surface area contributed by atoms with Gasteiger partial charge in [-0.2, -0.15) is 0 Å². The lowest BCUT2D eigenvalue weighted by molar-refractivity contribution is -0.149. The number of likely N-dealkylation sites (N-methyl/N-ethyl adjacent to an activating group) is 1. The van der Waals surface area contributed by atoms with Gasteiger partial charge in [0.15, 0.2) is 0 Å². The highest BCUT2D eigenvalue weighted by atomic mass is 16.5. The Kier molecular flexibility index (Phi) is 6.53. The fourth-order valence-corrected chi connectivity index (χ4v) is 5.97. The quantitative estimate of drug-likeness (QED) is 0.601. The van der Waals surface area contributed by atoms with Gasteiger partial charge in [-0.05, 0) is 49.8 Å². The Morgan fingerprint density at radius 1 is 1.25 bits per heavy atom. The van der Waals surface area contributed by atoms with Gasteiger partial charge in [-0.25, -0.2) is 0 Å². The summed E-state index contributed by atoms with van der Waals surface area (Å²) in [5, 5.41) is 5.56. The molecule has 0 spiro atoms. The lowest BCUT2D eigenvalue weighted by atomic mass is 9.70. The molecule has 0 radical (unpaired) electrons. The highest BCUT2D eigenvalue weighted by Gasteiger charge is 2.56. The Hall–Kier alpha value is -2.45. The van der Waals surface area contributed by atoms with E-state index in [-0.39, 0.29) is 18.4 Å². The average molecular weight is 443 g/mol. The van der Waals surface area contributed by atoms with Gasteiger partial charge in [0.1, 0.15) is 18.3 Å². The predicted octanol–water partition coefficient (Wildman–Crippen LogP) is 0.725. The number of nitrogens with one attached hydrogen (secondary N) is 2. The zero-order valence-corrected chi connectivity index (χ0v) is 18.9. The predicted molar refractivity (Wildman–Crippen MR) is 119 cm³/mol. The van der Waals surface area contributed by atoms with E-state index >= 15 is 0 Å². The minimum absolute atomic E-state index is 0.119. The van der Waals surface area contributed by atoms with E-state index < -0.39 is 29.6 Å². The van der Waals surface area contributed by atoms with E-state index in [9.17, 15) is 14.4 Å². The van der Waals surface area contributed by atoms with Gasteiger partial charge in [-0.3, -0.25) is 14.4 Å². The number of carbonyl (C=O) groups excluding carboxylic acids is 3. The van der Waals surface area contributed by atoms with Gasteiger partial charge in [0.25, 0.3) is 0 Å². The molecule has 2 aliphatic heterocycles. The minimum Gasteiger partial charge on any atom is -0.368 e. The van der Waals surface area contributed by atoms with E-state index in [1.165, 1.54) is 16.0 Å². The van der Waals surface area contributed by atoms with E-state index in [1.54, 1.807) is 7.05 Å². The zero-order chi connectivity index (χ0) is 22.9. The molecule has 2 saturated heterocycles. The molecule has 0 bridgehead atoms. The molecular weight excluding hydrogens is 408 g/mol. The molecule has 5 atom stereocenters. The number of primary amides is 1. The number of benzene rings is 1. The minimum atomic E-state index is -0.751. The van der Waals surface area contributed by atoms with Crippen molar-refractivity contribution < 1.29 is 19.1 Å². The van der Waals surface area contributed by atoms with E-state index in [1.807, 2.05) is 0 Å². The number of aryl methyl sites for hydroxylation is 1. The van der Waals surface area contributed by atoms with Gasteiger partial charge in [0, 0.05) is 18.3 Å². The number of hydrogen-bond acceptors (Lipinski definition) is 5. The fourth-order valence-electron chi connectivity index (χ4n) is 5.97. The summed E-state index contributed by atoms with van der Waals surface area (Å²) in [6.07, 6.45) is 4.31. The van der Waals surface area contributed by atoms with Gasteiger partial charge in [-0.15, -0.1) is 0 Å². The summed E-state index contributed by atoms with van der Waals surface area (Å²) in [7, 11) is 1.67. The number of nitrogens with zero attached hydrogens (tertiary/aromatic N) is 1. The van der Waals surface area contributed by atoms with Crippen LogP contribution >= 0.6 is 0 Å². The second kappa shape index (κ2) is 9.19. The number of carbonyl (C=O) groups is 3. The van der Waals surface area contributed by atoms with Crippen LogP contribution in [0.4, 0.5) is 0 Å². The molecule has 174 valence electrons. The van der Waals surface area contributed by atoms with Crippen LogP contribution in [0, 0.1) is 11.3 Å². The maximum Gasteiger partial charge on any atom is 0.247 e. The van der Waals surface area contributed by atoms with Crippen molar-refractivity contribution in [2.45, 2.75) is 63.8 Å². The standard InChI is InChI=1S/C24H34N4O4/c1-24(12-15-7-8-16-5-3-4-6-17(16)11-15)13-20-28(21(24)22(25)30)23(31)18(9-10-32-20)27-19(29)14-26-2/h3-6,15,18,20-21,26H,7-14H2,1-2H3,(H2,25,30)(H,27,29). The molecule has 3 amide bonds. The Morgan fingerprint density at radius 2 is 2.00 bits per heavy atom. The lowest BCUT2D eigenvalue weighted by Crippen LogP contribution is -2.57. The monoisotopic (exact) mass is 442 g/mol. The van der Waals surface area contributed by atoms with Crippen LogP contribution < -0.4 is 16.4 Å². The smallest absolute Gasteiger partial charge is 0.247 e. The molecule has 4 N–H and O–H groups in total. The molecule has 0 aromatic heterocycles. The molecule has 3 aliphatic rings. The summed E-state index contributed by atoms with van der Waals surface area (Å²) in [6.45, 7) is 2.52. The second-order valence-corrected chi connectivity index (χ2v) is 9.75. The first-order valence-corrected chi connectivity index (χ1v) is 11.6. The SMILES string of the molecule is CNCC(=O)NC1CCOC2CC(C)(CC3CCc4ccccc4C3)C(C(N)=O)N2C1=O. The normalized spacial score (nSPS) is 32.1. The average Bonchev–Trinajstić information content (AvgIpc) is 2.96. The van der Waals surface area contributed by atoms with Crippen molar-refractivity contribution in [2.75, 3.05) is 20.2 Å². The second-order valence-electron chi connectivity index (χ2n) is 9.75. The van der Waals surface area contributed by atoms with Crippen LogP contribution in [0.15, 0.2) is 24.3 Å². The van der Waals surface area contributed by atoms with Gasteiger partial charge < -0.3 is 26.0 Å². The van der Waals surface area contributed by atoms with Crippen LogP contribution in [0.2, 0.25) is 0 Å². The maximum atomic E-state index is 13.4. The molecule has 1 aliphatic carbocycles. The molecule has 1 aromatic carbocycles. The number of ether oxygens (including phenoxy) is 1. The van der Waals surface area contributed by atoms with E-state index in [2.05, 4.69) is 41.8 Å². The summed E-state index contributed by atoms with van der Waals surface area (Å²) in [4.78, 5) is 39.7. The Balaban J connectivity index is 1.54. The number of fused-ring (bicyclic) bond motifs is 2. The number of hydrogen-bond donors (Lipinski definition) is 3. The third-order valence-electron chi connectivity index (χ3n) is 7.30. The van der Waals surface area contributed by atoms with E-state index in [4.69, 9.17) is 10.5 Å². The van der Waals surface area contributed by atoms with Gasteiger partial charge in [0.2, 0.25) is 17.7 Å².